The quantitative estimate of drug-likeness (QED) is 0.323. The number of hydrogen-bond acceptors (Lipinski definition) is 7. The maximum absolute atomic E-state index is 15.6. The third-order valence-corrected chi connectivity index (χ3v) is 8.44. The minimum Gasteiger partial charge on any atom is -0.488 e. The van der Waals surface area contributed by atoms with Gasteiger partial charge in [0.1, 0.15) is 27.7 Å². The molecule has 0 unspecified atom stereocenters. The highest BCUT2D eigenvalue weighted by atomic mass is 32.1. The Labute approximate surface area is 218 Å². The molecule has 0 atom stereocenters. The summed E-state index contributed by atoms with van der Waals surface area (Å²) in [4.78, 5) is 17.5. The zero-order chi connectivity index (χ0) is 26.8. The summed E-state index contributed by atoms with van der Waals surface area (Å²) >= 11 is 0.346. The highest BCUT2D eigenvalue weighted by Gasteiger charge is 2.45. The fraction of sp³-hybridized carbons (Fsp3) is 0.667. The summed E-state index contributed by atoms with van der Waals surface area (Å²) in [6.45, 7) is 5.58. The number of thiophene rings is 1. The number of amides is 1. The first-order chi connectivity index (χ1) is 17.5. The van der Waals surface area contributed by atoms with Crippen LogP contribution >= 0.6 is 11.3 Å². The van der Waals surface area contributed by atoms with Crippen LogP contribution in [0.2, 0.25) is 6.82 Å². The molecule has 0 aromatic carbocycles. The van der Waals surface area contributed by atoms with Gasteiger partial charge in [0.2, 0.25) is 0 Å². The summed E-state index contributed by atoms with van der Waals surface area (Å²) in [7, 11) is -0.427. The van der Waals surface area contributed by atoms with E-state index in [1.54, 1.807) is 12.9 Å². The first-order valence-corrected chi connectivity index (χ1v) is 13.4. The molecule has 4 heterocycles. The van der Waals surface area contributed by atoms with Gasteiger partial charge in [0.15, 0.2) is 5.67 Å². The molecule has 1 N–H and O–H groups in total. The third-order valence-electron chi connectivity index (χ3n) is 7.37. The molecule has 3 aliphatic rings. The van der Waals surface area contributed by atoms with E-state index in [0.29, 0.717) is 49.7 Å². The first-order valence-electron chi connectivity index (χ1n) is 12.6. The van der Waals surface area contributed by atoms with Gasteiger partial charge in [-0.1, -0.05) is 12.2 Å². The predicted molar refractivity (Wildman–Crippen MR) is 132 cm³/mol. The molecule has 1 aromatic rings. The van der Waals surface area contributed by atoms with Gasteiger partial charge in [0.05, 0.1) is 0 Å². The summed E-state index contributed by atoms with van der Waals surface area (Å²) < 4.78 is 60.2. The number of nitriles is 1. The molecular weight excluding hydrogens is 511 g/mol. The predicted octanol–water partition coefficient (Wildman–Crippen LogP) is 3.41. The van der Waals surface area contributed by atoms with E-state index >= 15 is 4.39 Å². The van der Waals surface area contributed by atoms with Gasteiger partial charge in [-0.25, -0.2) is 4.39 Å². The van der Waals surface area contributed by atoms with Crippen molar-refractivity contribution in [1.29, 1.82) is 5.26 Å². The lowest BCUT2D eigenvalue weighted by Gasteiger charge is -2.40. The van der Waals surface area contributed by atoms with Gasteiger partial charge in [-0.15, -0.1) is 11.3 Å². The molecule has 1 aromatic heterocycles. The molecule has 0 bridgehead atoms. The van der Waals surface area contributed by atoms with Gasteiger partial charge in [-0.2, -0.15) is 18.4 Å². The Morgan fingerprint density at radius 3 is 2.51 bits per heavy atom. The summed E-state index contributed by atoms with van der Waals surface area (Å²) in [5.74, 6) is -0.196. The Morgan fingerprint density at radius 1 is 1.30 bits per heavy atom. The second-order valence-electron chi connectivity index (χ2n) is 10.1. The maximum Gasteiger partial charge on any atom is 0.425 e. The van der Waals surface area contributed by atoms with E-state index in [2.05, 4.69) is 17.1 Å². The summed E-state index contributed by atoms with van der Waals surface area (Å²) in [6, 6.07) is 2.59. The maximum atomic E-state index is 15.6. The molecule has 37 heavy (non-hydrogen) atoms. The number of carbonyl (C=O) groups is 1. The fourth-order valence-electron chi connectivity index (χ4n) is 5.00. The summed E-state index contributed by atoms with van der Waals surface area (Å²) in [5.41, 5.74) is -1.91. The van der Waals surface area contributed by atoms with Crippen molar-refractivity contribution in [2.45, 2.75) is 50.5 Å². The van der Waals surface area contributed by atoms with E-state index in [0.717, 1.165) is 19.2 Å². The molecule has 3 fully saturated rings. The van der Waals surface area contributed by atoms with E-state index in [1.807, 2.05) is 4.81 Å². The lowest BCUT2D eigenvalue weighted by atomic mass is 9.78. The molecule has 13 heteroatoms. The molecule has 4 rings (SSSR count). The Hall–Kier alpha value is -2.14. The number of alkyl halides is 4. The Bertz CT molecular complexity index is 1020. The second-order valence-corrected chi connectivity index (χ2v) is 11.1. The minimum absolute atomic E-state index is 0.0921. The van der Waals surface area contributed by atoms with Crippen molar-refractivity contribution in [3.8, 4) is 11.8 Å². The summed E-state index contributed by atoms with van der Waals surface area (Å²) in [5, 5.41) is 18.6. The third kappa shape index (κ3) is 6.66. The number of carbonyl (C=O) groups excluding carboxylic acids is 1. The van der Waals surface area contributed by atoms with Crippen LogP contribution in [0.15, 0.2) is 18.2 Å². The van der Waals surface area contributed by atoms with Gasteiger partial charge < -0.3 is 19.5 Å². The minimum atomic E-state index is -4.55. The van der Waals surface area contributed by atoms with Crippen LogP contribution in [0.1, 0.15) is 35.4 Å². The Morgan fingerprint density at radius 2 is 1.95 bits per heavy atom. The van der Waals surface area contributed by atoms with E-state index in [-0.39, 0.29) is 36.6 Å². The van der Waals surface area contributed by atoms with Crippen molar-refractivity contribution in [2.75, 3.05) is 45.8 Å². The monoisotopic (exact) mass is 542 g/mol. The standard InChI is InChI=1S/C24H31BF4N4O3S/c1-25(35)33-15-17(16-33)3-2-8-31-11-6-23(26,7-12-31)22(34)32-9-4-18(5-10-32)36-19-13-21(24(27,28)29)37-20(19)14-30/h2-3,13,17-18,35H,4-12,15-16H2,1H3. The molecule has 7 nitrogen and oxygen atoms in total. The van der Waals surface area contributed by atoms with Crippen molar-refractivity contribution < 1.29 is 32.1 Å². The molecule has 3 aliphatic heterocycles. The van der Waals surface area contributed by atoms with Crippen LogP contribution in [-0.2, 0) is 11.0 Å². The number of rotatable bonds is 7. The van der Waals surface area contributed by atoms with Crippen LogP contribution < -0.4 is 4.74 Å². The van der Waals surface area contributed by atoms with Gasteiger partial charge in [0.25, 0.3) is 5.91 Å². The first kappa shape index (κ1) is 27.9. The average molecular weight is 542 g/mol. The van der Waals surface area contributed by atoms with Crippen molar-refractivity contribution in [3.05, 3.63) is 28.0 Å². The number of ether oxygens (including phenoxy) is 1. The highest BCUT2D eigenvalue weighted by Crippen LogP contribution is 2.40. The zero-order valence-corrected chi connectivity index (χ0v) is 21.5. The van der Waals surface area contributed by atoms with Crippen molar-refractivity contribution >= 4 is 24.3 Å². The number of piperidine rings is 2. The second kappa shape index (κ2) is 11.3. The normalized spacial score (nSPS) is 22.1. The van der Waals surface area contributed by atoms with E-state index in [4.69, 9.17) is 10.00 Å². The molecule has 0 radical (unpaired) electrons. The van der Waals surface area contributed by atoms with Gasteiger partial charge >= 0.3 is 13.2 Å². The number of nitrogens with zero attached hydrogens (tertiary/aromatic N) is 4. The number of likely N-dealkylation sites (tertiary alicyclic amines) is 2. The fourth-order valence-corrected chi connectivity index (χ4v) is 5.76. The topological polar surface area (TPSA) is 80.0 Å². The van der Waals surface area contributed by atoms with Crippen molar-refractivity contribution in [1.82, 2.24) is 14.6 Å². The van der Waals surface area contributed by atoms with Crippen LogP contribution in [0.5, 0.6) is 5.75 Å². The SMILES string of the molecule is CB(O)N1CC(C=CCN2CCC(F)(C(=O)N3CCC(Oc4cc(C(F)(F)F)sc4C#N)CC3)CC2)C1. The smallest absolute Gasteiger partial charge is 0.425 e. The summed E-state index contributed by atoms with van der Waals surface area (Å²) in [6.07, 6.45) is 0.166. The van der Waals surface area contributed by atoms with Gasteiger partial charge in [-0.05, 0) is 19.9 Å². The highest BCUT2D eigenvalue weighted by molar-refractivity contribution is 7.13. The Kier molecular flexibility index (Phi) is 8.53. The molecule has 1 amide bonds. The molecule has 3 saturated heterocycles. The largest absolute Gasteiger partial charge is 0.488 e. The van der Waals surface area contributed by atoms with Gasteiger partial charge in [-0.3, -0.25) is 9.69 Å². The molecule has 202 valence electrons. The van der Waals surface area contributed by atoms with E-state index in [9.17, 15) is 23.0 Å². The molecule has 0 spiro atoms. The lowest BCUT2D eigenvalue weighted by molar-refractivity contribution is -0.149. The Balaban J connectivity index is 1.21. The van der Waals surface area contributed by atoms with E-state index < -0.39 is 35.8 Å². The molecular formula is C24H31BF4N4O3S. The van der Waals surface area contributed by atoms with E-state index in [1.165, 1.54) is 4.90 Å². The molecule has 0 saturated carbocycles. The van der Waals surface area contributed by atoms with Crippen molar-refractivity contribution in [3.63, 3.8) is 0 Å². The lowest BCUT2D eigenvalue weighted by Crippen LogP contribution is -2.54. The van der Waals surface area contributed by atoms with Crippen LogP contribution in [0.3, 0.4) is 0 Å². The zero-order valence-electron chi connectivity index (χ0n) is 20.7. The number of halogens is 4. The number of hydrogen-bond donors (Lipinski definition) is 1. The van der Waals surface area contributed by atoms with Crippen LogP contribution in [-0.4, -0.2) is 90.2 Å². The van der Waals surface area contributed by atoms with Crippen LogP contribution in [0.4, 0.5) is 17.6 Å². The van der Waals surface area contributed by atoms with Crippen LogP contribution in [0.25, 0.3) is 0 Å². The van der Waals surface area contributed by atoms with Crippen molar-refractivity contribution in [2.24, 2.45) is 5.92 Å². The van der Waals surface area contributed by atoms with Gasteiger partial charge in [0, 0.05) is 70.4 Å². The molecule has 0 aliphatic carbocycles. The van der Waals surface area contributed by atoms with Crippen LogP contribution in [0, 0.1) is 17.2 Å². The average Bonchev–Trinajstić information content (AvgIpc) is 3.25.